The van der Waals surface area contributed by atoms with E-state index in [0.717, 1.165) is 32.0 Å². The lowest BCUT2D eigenvalue weighted by Crippen LogP contribution is -2.41. The van der Waals surface area contributed by atoms with E-state index in [9.17, 15) is 4.79 Å². The highest BCUT2D eigenvalue weighted by Crippen LogP contribution is 2.32. The zero-order valence-electron chi connectivity index (χ0n) is 18.6. The lowest BCUT2D eigenvalue weighted by Gasteiger charge is -2.36. The fourth-order valence-electron chi connectivity index (χ4n) is 5.70. The Balaban J connectivity index is 1.11. The number of fused-ring (bicyclic) bond motifs is 2. The Morgan fingerprint density at radius 3 is 2.56 bits per heavy atom. The number of nitrogens with zero attached hydrogens (tertiary/aromatic N) is 5. The van der Waals surface area contributed by atoms with Gasteiger partial charge in [-0.15, -0.1) is 0 Å². The number of hydrogen-bond acceptors (Lipinski definition) is 4. The fraction of sp³-hybridized carbons (Fsp3) is 0.500. The summed E-state index contributed by atoms with van der Waals surface area (Å²) in [6.45, 7) is 4.01. The molecule has 3 aliphatic rings. The first-order chi connectivity index (χ1) is 15.8. The summed E-state index contributed by atoms with van der Waals surface area (Å²) < 4.78 is 1.67. The van der Waals surface area contributed by atoms with Gasteiger partial charge in [-0.25, -0.2) is 9.50 Å². The molecule has 166 valence electrons. The molecule has 6 rings (SSSR count). The van der Waals surface area contributed by atoms with E-state index in [4.69, 9.17) is 0 Å². The zero-order valence-corrected chi connectivity index (χ0v) is 18.6. The smallest absolute Gasteiger partial charge is 0.259 e. The molecule has 0 unspecified atom stereocenters. The molecule has 1 amide bonds. The molecule has 6 nitrogen and oxygen atoms in total. The third-order valence-corrected chi connectivity index (χ3v) is 7.92. The van der Waals surface area contributed by atoms with Gasteiger partial charge in [0.05, 0.1) is 6.20 Å². The average molecular weight is 430 g/mol. The predicted molar refractivity (Wildman–Crippen MR) is 124 cm³/mol. The van der Waals surface area contributed by atoms with Crippen molar-refractivity contribution >= 4 is 11.6 Å². The van der Waals surface area contributed by atoms with Crippen LogP contribution in [0.4, 0.5) is 0 Å². The topological polar surface area (TPSA) is 53.7 Å². The maximum absolute atomic E-state index is 13.1. The highest BCUT2D eigenvalue weighted by atomic mass is 16.2. The van der Waals surface area contributed by atoms with E-state index >= 15 is 0 Å². The Bertz CT molecular complexity index is 1130. The van der Waals surface area contributed by atoms with E-state index in [1.54, 1.807) is 28.0 Å². The SMILES string of the molecule is O=C(c1cnn2cccnc12)N1CCC(c2ccc3c(c2)CCN(C2CCC2)CC3)CC1. The molecule has 3 aromatic rings. The maximum atomic E-state index is 13.1. The van der Waals surface area contributed by atoms with Crippen molar-refractivity contribution in [2.75, 3.05) is 26.2 Å². The molecule has 1 aliphatic carbocycles. The van der Waals surface area contributed by atoms with Crippen LogP contribution in [0.3, 0.4) is 0 Å². The van der Waals surface area contributed by atoms with Crippen LogP contribution in [-0.2, 0) is 12.8 Å². The quantitative estimate of drug-likeness (QED) is 0.637. The summed E-state index contributed by atoms with van der Waals surface area (Å²) in [7, 11) is 0. The summed E-state index contributed by atoms with van der Waals surface area (Å²) >= 11 is 0. The molecule has 0 N–H and O–H groups in total. The third kappa shape index (κ3) is 3.60. The fourth-order valence-corrected chi connectivity index (χ4v) is 5.70. The highest BCUT2D eigenvalue weighted by molar-refractivity contribution is 5.99. The number of rotatable bonds is 3. The van der Waals surface area contributed by atoms with Gasteiger partial charge in [-0.1, -0.05) is 24.6 Å². The monoisotopic (exact) mass is 429 g/mol. The van der Waals surface area contributed by atoms with Crippen molar-refractivity contribution in [3.8, 4) is 0 Å². The van der Waals surface area contributed by atoms with Crippen molar-refractivity contribution in [2.45, 2.75) is 56.9 Å². The lowest BCUT2D eigenvalue weighted by atomic mass is 9.86. The Kier molecular flexibility index (Phi) is 5.18. The van der Waals surface area contributed by atoms with Crippen molar-refractivity contribution in [2.24, 2.45) is 0 Å². The van der Waals surface area contributed by atoms with Gasteiger partial charge in [-0.3, -0.25) is 9.69 Å². The summed E-state index contributed by atoms with van der Waals surface area (Å²) in [6.07, 6.45) is 13.8. The van der Waals surface area contributed by atoms with Crippen molar-refractivity contribution in [3.05, 3.63) is 65.1 Å². The Morgan fingerprint density at radius 2 is 1.78 bits per heavy atom. The Morgan fingerprint density at radius 1 is 0.969 bits per heavy atom. The number of benzene rings is 1. The van der Waals surface area contributed by atoms with Crippen LogP contribution in [-0.4, -0.2) is 62.5 Å². The highest BCUT2D eigenvalue weighted by Gasteiger charge is 2.29. The summed E-state index contributed by atoms with van der Waals surface area (Å²) in [6, 6.07) is 9.89. The van der Waals surface area contributed by atoms with Gasteiger partial charge in [-0.05, 0) is 67.2 Å². The molecule has 0 radical (unpaired) electrons. The summed E-state index contributed by atoms with van der Waals surface area (Å²) in [5.41, 5.74) is 5.81. The van der Waals surface area contributed by atoms with Crippen molar-refractivity contribution in [1.82, 2.24) is 24.4 Å². The van der Waals surface area contributed by atoms with E-state index < -0.39 is 0 Å². The molecule has 0 atom stereocenters. The normalized spacial score (nSPS) is 20.7. The van der Waals surface area contributed by atoms with Crippen LogP contribution < -0.4 is 0 Å². The van der Waals surface area contributed by atoms with Crippen LogP contribution in [0.5, 0.6) is 0 Å². The summed E-state index contributed by atoms with van der Waals surface area (Å²) in [5, 5.41) is 4.27. The van der Waals surface area contributed by atoms with E-state index in [1.807, 2.05) is 17.2 Å². The van der Waals surface area contributed by atoms with Crippen LogP contribution >= 0.6 is 0 Å². The Hall–Kier alpha value is -2.73. The van der Waals surface area contributed by atoms with Crippen molar-refractivity contribution in [3.63, 3.8) is 0 Å². The molecule has 1 saturated carbocycles. The molecular formula is C26H31N5O. The van der Waals surface area contributed by atoms with Gasteiger partial charge in [0.2, 0.25) is 0 Å². The van der Waals surface area contributed by atoms with Gasteiger partial charge in [0.1, 0.15) is 5.56 Å². The second-order valence-electron chi connectivity index (χ2n) is 9.66. The van der Waals surface area contributed by atoms with Gasteiger partial charge < -0.3 is 4.90 Å². The van der Waals surface area contributed by atoms with Gasteiger partial charge in [0.15, 0.2) is 5.65 Å². The van der Waals surface area contributed by atoms with Gasteiger partial charge >= 0.3 is 0 Å². The van der Waals surface area contributed by atoms with Crippen molar-refractivity contribution < 1.29 is 4.79 Å². The number of aromatic nitrogens is 3. The second kappa shape index (κ2) is 8.32. The third-order valence-electron chi connectivity index (χ3n) is 7.92. The minimum absolute atomic E-state index is 0.0511. The van der Waals surface area contributed by atoms with E-state index in [2.05, 4.69) is 33.2 Å². The first-order valence-corrected chi connectivity index (χ1v) is 12.2. The average Bonchev–Trinajstić information content (AvgIpc) is 3.13. The van der Waals surface area contributed by atoms with Gasteiger partial charge in [-0.2, -0.15) is 5.10 Å². The van der Waals surface area contributed by atoms with E-state index in [-0.39, 0.29) is 5.91 Å². The number of hydrogen-bond donors (Lipinski definition) is 0. The van der Waals surface area contributed by atoms with Crippen LogP contribution in [0.25, 0.3) is 5.65 Å². The number of carbonyl (C=O) groups excluding carboxylic acids is 1. The van der Waals surface area contributed by atoms with E-state index in [0.29, 0.717) is 17.1 Å². The predicted octanol–water partition coefficient (Wildman–Crippen LogP) is 3.70. The van der Waals surface area contributed by atoms with Gasteiger partial charge in [0, 0.05) is 44.6 Å². The largest absolute Gasteiger partial charge is 0.338 e. The van der Waals surface area contributed by atoms with Crippen LogP contribution in [0.1, 0.15) is 65.1 Å². The molecule has 32 heavy (non-hydrogen) atoms. The van der Waals surface area contributed by atoms with Crippen LogP contribution in [0.2, 0.25) is 0 Å². The second-order valence-corrected chi connectivity index (χ2v) is 9.66. The molecule has 1 aromatic carbocycles. The number of amides is 1. The minimum atomic E-state index is 0.0511. The first-order valence-electron chi connectivity index (χ1n) is 12.2. The summed E-state index contributed by atoms with van der Waals surface area (Å²) in [5.74, 6) is 0.590. The lowest BCUT2D eigenvalue weighted by molar-refractivity contribution is 0.0714. The minimum Gasteiger partial charge on any atom is -0.338 e. The number of carbonyl (C=O) groups is 1. The molecular weight excluding hydrogens is 398 g/mol. The van der Waals surface area contributed by atoms with Crippen molar-refractivity contribution in [1.29, 1.82) is 0 Å². The molecule has 2 fully saturated rings. The molecule has 6 heteroatoms. The Labute approximate surface area is 189 Å². The van der Waals surface area contributed by atoms with Crippen LogP contribution in [0, 0.1) is 0 Å². The van der Waals surface area contributed by atoms with E-state index in [1.165, 1.54) is 50.8 Å². The maximum Gasteiger partial charge on any atom is 0.259 e. The molecule has 2 aliphatic heterocycles. The van der Waals surface area contributed by atoms with Gasteiger partial charge in [0.25, 0.3) is 5.91 Å². The molecule has 4 heterocycles. The molecule has 2 aromatic heterocycles. The molecule has 1 saturated heterocycles. The number of piperidine rings is 1. The summed E-state index contributed by atoms with van der Waals surface area (Å²) in [4.78, 5) is 22.1. The molecule has 0 bridgehead atoms. The standard InChI is InChI=1S/C26H31N5O/c32-26(24-18-28-31-12-2-11-27-25(24)31)30-15-8-20(9-16-30)21-6-5-19-7-13-29(23-3-1-4-23)14-10-22(19)17-21/h2,5-6,11-12,17-18,20,23H,1,3-4,7-10,13-16H2. The first kappa shape index (κ1) is 19.9. The van der Waals surface area contributed by atoms with Crippen LogP contribution in [0.15, 0.2) is 42.9 Å². The molecule has 0 spiro atoms. The number of likely N-dealkylation sites (tertiary alicyclic amines) is 1. The zero-order chi connectivity index (χ0) is 21.5.